The van der Waals surface area contributed by atoms with E-state index in [4.69, 9.17) is 0 Å². The number of aromatic nitrogens is 1. The molecule has 1 fully saturated rings. The molecule has 104 valence electrons. The minimum Gasteiger partial charge on any atom is -0.343 e. The van der Waals surface area contributed by atoms with Gasteiger partial charge in [0.2, 0.25) is 5.91 Å². The summed E-state index contributed by atoms with van der Waals surface area (Å²) in [6.07, 6.45) is 6.96. The van der Waals surface area contributed by atoms with E-state index in [0.717, 1.165) is 44.5 Å². The van der Waals surface area contributed by atoms with E-state index in [9.17, 15) is 4.79 Å². The summed E-state index contributed by atoms with van der Waals surface area (Å²) in [5.41, 5.74) is 2.39. The lowest BCUT2D eigenvalue weighted by Crippen LogP contribution is -2.37. The third kappa shape index (κ3) is 3.79. The van der Waals surface area contributed by atoms with E-state index in [-0.39, 0.29) is 0 Å². The largest absolute Gasteiger partial charge is 0.343 e. The van der Waals surface area contributed by atoms with Gasteiger partial charge in [0.1, 0.15) is 0 Å². The quantitative estimate of drug-likeness (QED) is 0.832. The normalized spacial score (nSPS) is 16.6. The highest BCUT2D eigenvalue weighted by Crippen LogP contribution is 2.27. The summed E-state index contributed by atoms with van der Waals surface area (Å²) >= 11 is 0. The van der Waals surface area contributed by atoms with Gasteiger partial charge in [-0.2, -0.15) is 0 Å². The van der Waals surface area contributed by atoms with Crippen molar-refractivity contribution in [1.29, 1.82) is 0 Å². The average molecular weight is 260 g/mol. The summed E-state index contributed by atoms with van der Waals surface area (Å²) < 4.78 is 0. The second-order valence-corrected chi connectivity index (χ2v) is 5.49. The average Bonchev–Trinajstić information content (AvgIpc) is 2.46. The fourth-order valence-corrected chi connectivity index (χ4v) is 2.67. The maximum Gasteiger partial charge on any atom is 0.222 e. The second kappa shape index (κ2) is 6.69. The molecule has 1 amide bonds. The van der Waals surface area contributed by atoms with Crippen molar-refractivity contribution in [1.82, 2.24) is 9.88 Å². The molecular formula is C16H24N2O. The van der Waals surface area contributed by atoms with Crippen LogP contribution in [0.1, 0.15) is 56.2 Å². The monoisotopic (exact) mass is 260 g/mol. The highest BCUT2D eigenvalue weighted by molar-refractivity contribution is 5.76. The molecule has 0 bridgehead atoms. The lowest BCUT2D eigenvalue weighted by Gasteiger charge is -2.32. The van der Waals surface area contributed by atoms with Crippen LogP contribution in [0, 0.1) is 6.92 Å². The Labute approximate surface area is 116 Å². The Morgan fingerprint density at radius 3 is 2.68 bits per heavy atom. The predicted octanol–water partition coefficient (Wildman–Crippen LogP) is 3.29. The summed E-state index contributed by atoms with van der Waals surface area (Å²) in [7, 11) is 0. The Morgan fingerprint density at radius 1 is 1.37 bits per heavy atom. The number of hydrogen-bond donors (Lipinski definition) is 0. The minimum atomic E-state index is 0.335. The number of amides is 1. The van der Waals surface area contributed by atoms with Gasteiger partial charge in [-0.1, -0.05) is 19.4 Å². The van der Waals surface area contributed by atoms with E-state index < -0.39 is 0 Å². The van der Waals surface area contributed by atoms with Gasteiger partial charge in [-0.15, -0.1) is 0 Å². The summed E-state index contributed by atoms with van der Waals surface area (Å²) in [5, 5.41) is 0. The number of carbonyl (C=O) groups is 1. The maximum absolute atomic E-state index is 12.0. The molecule has 1 aromatic rings. The zero-order valence-electron chi connectivity index (χ0n) is 12.1. The molecule has 2 heterocycles. The SMILES string of the molecule is CCCCC(=O)N1CCC(c2ccc(C)nc2)CC1. The highest BCUT2D eigenvalue weighted by Gasteiger charge is 2.23. The van der Waals surface area contributed by atoms with Crippen LogP contribution in [0.2, 0.25) is 0 Å². The van der Waals surface area contributed by atoms with Gasteiger partial charge in [-0.05, 0) is 43.7 Å². The Bertz CT molecular complexity index is 405. The van der Waals surface area contributed by atoms with Gasteiger partial charge < -0.3 is 4.90 Å². The first-order valence-electron chi connectivity index (χ1n) is 7.41. The first-order valence-corrected chi connectivity index (χ1v) is 7.41. The van der Waals surface area contributed by atoms with Crippen LogP contribution in [0.25, 0.3) is 0 Å². The van der Waals surface area contributed by atoms with E-state index in [1.807, 2.05) is 18.0 Å². The number of nitrogens with zero attached hydrogens (tertiary/aromatic N) is 2. The zero-order chi connectivity index (χ0) is 13.7. The molecule has 1 aliphatic heterocycles. The second-order valence-electron chi connectivity index (χ2n) is 5.49. The number of rotatable bonds is 4. The molecule has 0 radical (unpaired) electrons. The van der Waals surface area contributed by atoms with Crippen molar-refractivity contribution in [3.8, 4) is 0 Å². The maximum atomic E-state index is 12.0. The van der Waals surface area contributed by atoms with Gasteiger partial charge in [0.15, 0.2) is 0 Å². The van der Waals surface area contributed by atoms with Crippen LogP contribution in [-0.2, 0) is 4.79 Å². The van der Waals surface area contributed by atoms with Gasteiger partial charge in [-0.25, -0.2) is 0 Å². The topological polar surface area (TPSA) is 33.2 Å². The number of carbonyl (C=O) groups excluding carboxylic acids is 1. The fourth-order valence-electron chi connectivity index (χ4n) is 2.67. The van der Waals surface area contributed by atoms with Gasteiger partial charge >= 0.3 is 0 Å². The standard InChI is InChI=1S/C16H24N2O/c1-3-4-5-16(19)18-10-8-14(9-11-18)15-7-6-13(2)17-12-15/h6-7,12,14H,3-5,8-11H2,1-2H3. The molecule has 3 heteroatoms. The number of piperidine rings is 1. The Balaban J connectivity index is 1.85. The van der Waals surface area contributed by atoms with Crippen LogP contribution in [-0.4, -0.2) is 28.9 Å². The molecule has 1 aromatic heterocycles. The zero-order valence-corrected chi connectivity index (χ0v) is 12.1. The van der Waals surface area contributed by atoms with Gasteiger partial charge in [-0.3, -0.25) is 9.78 Å². The lowest BCUT2D eigenvalue weighted by atomic mass is 9.90. The minimum absolute atomic E-state index is 0.335. The van der Waals surface area contributed by atoms with Crippen molar-refractivity contribution >= 4 is 5.91 Å². The molecule has 2 rings (SSSR count). The highest BCUT2D eigenvalue weighted by atomic mass is 16.2. The summed E-state index contributed by atoms with van der Waals surface area (Å²) in [6, 6.07) is 4.26. The van der Waals surface area contributed by atoms with Crippen molar-refractivity contribution in [3.63, 3.8) is 0 Å². The van der Waals surface area contributed by atoms with E-state index in [0.29, 0.717) is 18.2 Å². The molecule has 3 nitrogen and oxygen atoms in total. The first-order chi connectivity index (χ1) is 9.20. The van der Waals surface area contributed by atoms with Crippen LogP contribution in [0.4, 0.5) is 0 Å². The molecule has 1 aliphatic rings. The Morgan fingerprint density at radius 2 is 2.11 bits per heavy atom. The van der Waals surface area contributed by atoms with Crippen LogP contribution in [0.3, 0.4) is 0 Å². The van der Waals surface area contributed by atoms with E-state index in [2.05, 4.69) is 24.0 Å². The van der Waals surface area contributed by atoms with Gasteiger partial charge in [0, 0.05) is 31.4 Å². The van der Waals surface area contributed by atoms with Crippen molar-refractivity contribution in [2.75, 3.05) is 13.1 Å². The summed E-state index contributed by atoms with van der Waals surface area (Å²) in [5.74, 6) is 0.908. The van der Waals surface area contributed by atoms with Crippen LogP contribution in [0.5, 0.6) is 0 Å². The van der Waals surface area contributed by atoms with Crippen LogP contribution in [0.15, 0.2) is 18.3 Å². The van der Waals surface area contributed by atoms with E-state index >= 15 is 0 Å². The number of hydrogen-bond acceptors (Lipinski definition) is 2. The molecule has 19 heavy (non-hydrogen) atoms. The lowest BCUT2D eigenvalue weighted by molar-refractivity contribution is -0.132. The summed E-state index contributed by atoms with van der Waals surface area (Å²) in [4.78, 5) is 18.4. The number of pyridine rings is 1. The number of unbranched alkanes of at least 4 members (excludes halogenated alkanes) is 1. The molecule has 1 saturated heterocycles. The molecule has 0 atom stereocenters. The van der Waals surface area contributed by atoms with Crippen molar-refractivity contribution in [2.45, 2.75) is 51.9 Å². The van der Waals surface area contributed by atoms with Gasteiger partial charge in [0.25, 0.3) is 0 Å². The molecule has 0 aromatic carbocycles. The van der Waals surface area contributed by atoms with E-state index in [1.165, 1.54) is 5.56 Å². The van der Waals surface area contributed by atoms with Crippen molar-refractivity contribution in [2.24, 2.45) is 0 Å². The van der Waals surface area contributed by atoms with Crippen molar-refractivity contribution < 1.29 is 4.79 Å². The number of aryl methyl sites for hydroxylation is 1. The van der Waals surface area contributed by atoms with Gasteiger partial charge in [0.05, 0.1) is 0 Å². The molecule has 0 aliphatic carbocycles. The Kier molecular flexibility index (Phi) is 4.94. The summed E-state index contributed by atoms with van der Waals surface area (Å²) in [6.45, 7) is 5.95. The van der Waals surface area contributed by atoms with Crippen LogP contribution >= 0.6 is 0 Å². The Hall–Kier alpha value is -1.38. The molecule has 0 N–H and O–H groups in total. The van der Waals surface area contributed by atoms with Crippen LogP contribution < -0.4 is 0 Å². The third-order valence-electron chi connectivity index (χ3n) is 4.00. The van der Waals surface area contributed by atoms with Crippen molar-refractivity contribution in [3.05, 3.63) is 29.6 Å². The van der Waals surface area contributed by atoms with E-state index in [1.54, 1.807) is 0 Å². The molecular weight excluding hydrogens is 236 g/mol. The number of likely N-dealkylation sites (tertiary alicyclic amines) is 1. The molecule has 0 unspecified atom stereocenters. The predicted molar refractivity (Wildman–Crippen MR) is 77.1 cm³/mol. The molecule has 0 spiro atoms. The third-order valence-corrected chi connectivity index (χ3v) is 4.00. The molecule has 0 saturated carbocycles. The fraction of sp³-hybridized carbons (Fsp3) is 0.625. The first kappa shape index (κ1) is 14.0. The smallest absolute Gasteiger partial charge is 0.222 e.